The Balaban J connectivity index is 1.98. The number of methoxy groups -OCH3 is 1. The SMILES string of the molecule is CCNCc1noc2c1Cc1ccc(OC)cc1-2. The zero-order chi connectivity index (χ0) is 12.5. The lowest BCUT2D eigenvalue weighted by molar-refractivity contribution is 0.411. The normalized spacial score (nSPS) is 12.3. The highest BCUT2D eigenvalue weighted by Crippen LogP contribution is 2.40. The molecule has 1 N–H and O–H groups in total. The minimum absolute atomic E-state index is 0.764. The largest absolute Gasteiger partial charge is 0.497 e. The topological polar surface area (TPSA) is 47.3 Å². The molecule has 0 bridgehead atoms. The smallest absolute Gasteiger partial charge is 0.171 e. The Labute approximate surface area is 106 Å². The maximum absolute atomic E-state index is 5.48. The number of rotatable bonds is 4. The van der Waals surface area contributed by atoms with Crippen molar-refractivity contribution in [1.29, 1.82) is 0 Å². The van der Waals surface area contributed by atoms with E-state index in [0.29, 0.717) is 0 Å². The van der Waals surface area contributed by atoms with E-state index in [-0.39, 0.29) is 0 Å². The predicted molar refractivity (Wildman–Crippen MR) is 68.7 cm³/mol. The lowest BCUT2D eigenvalue weighted by atomic mass is 10.1. The van der Waals surface area contributed by atoms with Gasteiger partial charge in [-0.05, 0) is 24.2 Å². The van der Waals surface area contributed by atoms with Crippen LogP contribution in [0.15, 0.2) is 22.7 Å². The maximum Gasteiger partial charge on any atom is 0.171 e. The van der Waals surface area contributed by atoms with Gasteiger partial charge in [0.1, 0.15) is 11.4 Å². The fraction of sp³-hybridized carbons (Fsp3) is 0.357. The van der Waals surface area contributed by atoms with E-state index in [1.807, 2.05) is 12.1 Å². The van der Waals surface area contributed by atoms with Crippen molar-refractivity contribution in [3.63, 3.8) is 0 Å². The first kappa shape index (κ1) is 11.3. The molecule has 94 valence electrons. The second kappa shape index (κ2) is 4.46. The number of aromatic nitrogens is 1. The van der Waals surface area contributed by atoms with Crippen LogP contribution in [0.1, 0.15) is 23.7 Å². The first-order valence-electron chi connectivity index (χ1n) is 6.19. The molecule has 1 heterocycles. The van der Waals surface area contributed by atoms with Gasteiger partial charge in [0, 0.05) is 24.1 Å². The molecule has 4 heteroatoms. The Kier molecular flexibility index (Phi) is 2.80. The van der Waals surface area contributed by atoms with Crippen molar-refractivity contribution in [3.8, 4) is 17.1 Å². The van der Waals surface area contributed by atoms with Crippen LogP contribution in [0.2, 0.25) is 0 Å². The number of ether oxygens (including phenoxy) is 1. The van der Waals surface area contributed by atoms with Gasteiger partial charge in [0.25, 0.3) is 0 Å². The van der Waals surface area contributed by atoms with Crippen LogP contribution in [0.5, 0.6) is 5.75 Å². The number of nitrogens with one attached hydrogen (secondary N) is 1. The van der Waals surface area contributed by atoms with Crippen molar-refractivity contribution in [2.45, 2.75) is 19.9 Å². The Morgan fingerprint density at radius 1 is 1.44 bits per heavy atom. The van der Waals surface area contributed by atoms with Gasteiger partial charge in [-0.15, -0.1) is 0 Å². The monoisotopic (exact) mass is 244 g/mol. The van der Waals surface area contributed by atoms with E-state index in [0.717, 1.165) is 42.3 Å². The lowest BCUT2D eigenvalue weighted by Gasteiger charge is -2.02. The van der Waals surface area contributed by atoms with Crippen molar-refractivity contribution in [1.82, 2.24) is 10.5 Å². The molecule has 0 unspecified atom stereocenters. The molecule has 0 amide bonds. The van der Waals surface area contributed by atoms with Crippen LogP contribution in [0.4, 0.5) is 0 Å². The van der Waals surface area contributed by atoms with Gasteiger partial charge in [-0.25, -0.2) is 0 Å². The van der Waals surface area contributed by atoms with Gasteiger partial charge in [-0.1, -0.05) is 18.1 Å². The second-order valence-corrected chi connectivity index (χ2v) is 4.42. The molecule has 3 rings (SSSR count). The van der Waals surface area contributed by atoms with Gasteiger partial charge in [0.15, 0.2) is 5.76 Å². The van der Waals surface area contributed by atoms with E-state index >= 15 is 0 Å². The molecular weight excluding hydrogens is 228 g/mol. The zero-order valence-electron chi connectivity index (χ0n) is 10.6. The van der Waals surface area contributed by atoms with E-state index in [9.17, 15) is 0 Å². The third-order valence-electron chi connectivity index (χ3n) is 3.34. The van der Waals surface area contributed by atoms with Gasteiger partial charge in [-0.2, -0.15) is 0 Å². The molecule has 1 aliphatic rings. The summed E-state index contributed by atoms with van der Waals surface area (Å²) in [5.41, 5.74) is 4.62. The molecule has 0 spiro atoms. The number of benzene rings is 1. The molecule has 1 aromatic heterocycles. The second-order valence-electron chi connectivity index (χ2n) is 4.42. The zero-order valence-corrected chi connectivity index (χ0v) is 10.6. The standard InChI is InChI=1S/C14H16N2O2/c1-3-15-8-13-12-6-9-4-5-10(17-2)7-11(9)14(12)18-16-13/h4-5,7,15H,3,6,8H2,1-2H3. The molecule has 1 aliphatic carbocycles. The number of nitrogens with zero attached hydrogens (tertiary/aromatic N) is 1. The van der Waals surface area contributed by atoms with Gasteiger partial charge >= 0.3 is 0 Å². The van der Waals surface area contributed by atoms with Crippen LogP contribution in [-0.4, -0.2) is 18.8 Å². The van der Waals surface area contributed by atoms with Gasteiger partial charge in [0.05, 0.1) is 7.11 Å². The average Bonchev–Trinajstić information content (AvgIpc) is 2.94. The minimum Gasteiger partial charge on any atom is -0.497 e. The Hall–Kier alpha value is -1.81. The Morgan fingerprint density at radius 3 is 3.11 bits per heavy atom. The highest BCUT2D eigenvalue weighted by Gasteiger charge is 2.26. The Bertz CT molecular complexity index is 575. The highest BCUT2D eigenvalue weighted by atomic mass is 16.5. The molecule has 18 heavy (non-hydrogen) atoms. The fourth-order valence-electron chi connectivity index (χ4n) is 2.36. The van der Waals surface area contributed by atoms with E-state index in [1.54, 1.807) is 7.11 Å². The molecule has 1 aromatic carbocycles. The highest BCUT2D eigenvalue weighted by molar-refractivity contribution is 5.74. The predicted octanol–water partition coefficient (Wildman–Crippen LogP) is 2.36. The van der Waals surface area contributed by atoms with E-state index in [4.69, 9.17) is 9.26 Å². The maximum atomic E-state index is 5.48. The number of hydrogen-bond donors (Lipinski definition) is 1. The molecular formula is C14H16N2O2. The summed E-state index contributed by atoms with van der Waals surface area (Å²) in [5, 5.41) is 7.43. The van der Waals surface area contributed by atoms with Gasteiger partial charge < -0.3 is 14.6 Å². The molecule has 0 aliphatic heterocycles. The van der Waals surface area contributed by atoms with Gasteiger partial charge in [0.2, 0.25) is 0 Å². The van der Waals surface area contributed by atoms with Crippen LogP contribution >= 0.6 is 0 Å². The van der Waals surface area contributed by atoms with Crippen LogP contribution in [0.25, 0.3) is 11.3 Å². The van der Waals surface area contributed by atoms with Crippen molar-refractivity contribution < 1.29 is 9.26 Å². The number of fused-ring (bicyclic) bond motifs is 3. The first-order valence-corrected chi connectivity index (χ1v) is 6.19. The summed E-state index contributed by atoms with van der Waals surface area (Å²) in [6, 6.07) is 6.10. The molecule has 0 fully saturated rings. The van der Waals surface area contributed by atoms with Gasteiger partial charge in [-0.3, -0.25) is 0 Å². The van der Waals surface area contributed by atoms with Crippen LogP contribution in [0, 0.1) is 0 Å². The molecule has 4 nitrogen and oxygen atoms in total. The summed E-state index contributed by atoms with van der Waals surface area (Å²) >= 11 is 0. The van der Waals surface area contributed by atoms with Crippen molar-refractivity contribution in [2.75, 3.05) is 13.7 Å². The summed E-state index contributed by atoms with van der Waals surface area (Å²) < 4.78 is 10.7. The fourth-order valence-corrected chi connectivity index (χ4v) is 2.36. The number of hydrogen-bond acceptors (Lipinski definition) is 4. The molecule has 2 aromatic rings. The summed E-state index contributed by atoms with van der Waals surface area (Å²) in [6.45, 7) is 3.78. The van der Waals surface area contributed by atoms with E-state index in [2.05, 4.69) is 23.5 Å². The molecule has 0 radical (unpaired) electrons. The van der Waals surface area contributed by atoms with Crippen LogP contribution in [-0.2, 0) is 13.0 Å². The average molecular weight is 244 g/mol. The summed E-state index contributed by atoms with van der Waals surface area (Å²) in [6.07, 6.45) is 0.902. The molecule has 0 atom stereocenters. The molecule has 0 saturated heterocycles. The van der Waals surface area contributed by atoms with Crippen molar-refractivity contribution in [3.05, 3.63) is 35.0 Å². The van der Waals surface area contributed by atoms with Crippen LogP contribution < -0.4 is 10.1 Å². The lowest BCUT2D eigenvalue weighted by Crippen LogP contribution is -2.13. The third-order valence-corrected chi connectivity index (χ3v) is 3.34. The van der Waals surface area contributed by atoms with E-state index < -0.39 is 0 Å². The quantitative estimate of drug-likeness (QED) is 0.765. The van der Waals surface area contributed by atoms with Crippen molar-refractivity contribution >= 4 is 0 Å². The Morgan fingerprint density at radius 2 is 2.33 bits per heavy atom. The van der Waals surface area contributed by atoms with Crippen molar-refractivity contribution in [2.24, 2.45) is 0 Å². The first-order chi connectivity index (χ1) is 8.83. The minimum atomic E-state index is 0.764. The third kappa shape index (κ3) is 1.69. The van der Waals surface area contributed by atoms with Crippen LogP contribution in [0.3, 0.4) is 0 Å². The summed E-state index contributed by atoms with van der Waals surface area (Å²) in [5.74, 6) is 1.75. The van der Waals surface area contributed by atoms with E-state index in [1.165, 1.54) is 11.1 Å². The summed E-state index contributed by atoms with van der Waals surface area (Å²) in [4.78, 5) is 0. The molecule has 0 saturated carbocycles. The summed E-state index contributed by atoms with van der Waals surface area (Å²) in [7, 11) is 1.68.